The lowest BCUT2D eigenvalue weighted by Gasteiger charge is -2.62. The molecule has 0 heterocycles. The Morgan fingerprint density at radius 2 is 1.70 bits per heavy atom. The zero-order chi connectivity index (χ0) is 24.6. The molecule has 8 atom stereocenters. The van der Waals surface area contributed by atoms with Crippen molar-refractivity contribution in [2.45, 2.75) is 118 Å². The lowest BCUT2D eigenvalue weighted by molar-refractivity contribution is -0.119. The molecular weight excluding hydrogens is 408 g/mol. The Hall–Kier alpha value is -0.930. The van der Waals surface area contributed by atoms with Crippen LogP contribution in [0, 0.1) is 39.4 Å². The molecule has 0 radical (unpaired) electrons. The number of allylic oxidation sites excluding steroid dienone is 3. The van der Waals surface area contributed by atoms with Crippen LogP contribution in [0.5, 0.6) is 0 Å². The minimum Gasteiger partial charge on any atom is -0.393 e. The fourth-order valence-corrected chi connectivity index (χ4v) is 9.38. The zero-order valence-electron chi connectivity index (χ0n) is 22.3. The van der Waals surface area contributed by atoms with E-state index in [-0.39, 0.29) is 45.9 Å². The Morgan fingerprint density at radius 3 is 2.33 bits per heavy atom. The summed E-state index contributed by atoms with van der Waals surface area (Å²) in [6, 6.07) is 0. The van der Waals surface area contributed by atoms with E-state index >= 15 is 0 Å². The fraction of sp³-hybridized carbons (Fsp3) is 0.833. The third-order valence-electron chi connectivity index (χ3n) is 11.9. The SMILES string of the molecule is C=C(C)C(=O)CC(O)C(C)[C@H]1CC[C@@]2(C)C3=C(CC[C@]12C)[C@@]1(C)CC[C@H](O)C(C)(C)[C@@H]1CC3. The predicted octanol–water partition coefficient (Wildman–Crippen LogP) is 6.63. The molecule has 3 nitrogen and oxygen atoms in total. The summed E-state index contributed by atoms with van der Waals surface area (Å²) in [5.41, 5.74) is 4.51. The normalized spacial score (nSPS) is 43.8. The number of hydrogen-bond acceptors (Lipinski definition) is 3. The first-order chi connectivity index (χ1) is 15.2. The maximum Gasteiger partial charge on any atom is 0.160 e. The van der Waals surface area contributed by atoms with Gasteiger partial charge in [-0.15, -0.1) is 0 Å². The average Bonchev–Trinajstić information content (AvgIpc) is 3.02. The molecule has 0 aromatic heterocycles. The fourth-order valence-electron chi connectivity index (χ4n) is 9.38. The topological polar surface area (TPSA) is 57.5 Å². The van der Waals surface area contributed by atoms with Gasteiger partial charge in [-0.3, -0.25) is 4.79 Å². The van der Waals surface area contributed by atoms with Gasteiger partial charge in [0.1, 0.15) is 0 Å². The van der Waals surface area contributed by atoms with Crippen LogP contribution in [0.1, 0.15) is 106 Å². The second-order valence-electron chi connectivity index (χ2n) is 13.6. The molecule has 0 aliphatic heterocycles. The highest BCUT2D eigenvalue weighted by Gasteiger charge is 2.63. The number of carbonyl (C=O) groups excluding carboxylic acids is 1. The van der Waals surface area contributed by atoms with E-state index < -0.39 is 6.10 Å². The Morgan fingerprint density at radius 1 is 1.03 bits per heavy atom. The van der Waals surface area contributed by atoms with Crippen LogP contribution in [-0.4, -0.2) is 28.2 Å². The van der Waals surface area contributed by atoms with Gasteiger partial charge in [-0.1, -0.05) is 59.3 Å². The van der Waals surface area contributed by atoms with Crippen LogP contribution in [-0.2, 0) is 4.79 Å². The van der Waals surface area contributed by atoms with Crippen LogP contribution < -0.4 is 0 Å². The number of carbonyl (C=O) groups is 1. The standard InChI is InChI=1S/C30H48O3/c1-18(2)23(31)17-24(32)19(3)20-11-15-30(8)22-9-10-25-27(4,5)26(33)13-14-28(25,6)21(22)12-16-29(20,30)7/h19-20,24-26,32-33H,1,9-17H2,2-8H3/t19?,20-,24?,25+,26+,28-,29-,30+/m1/s1. The Kier molecular flexibility index (Phi) is 6.14. The van der Waals surface area contributed by atoms with Crippen molar-refractivity contribution in [2.24, 2.45) is 39.4 Å². The molecule has 3 heteroatoms. The van der Waals surface area contributed by atoms with Gasteiger partial charge in [-0.25, -0.2) is 0 Å². The molecule has 0 aromatic carbocycles. The number of hydrogen-bond donors (Lipinski definition) is 2. The van der Waals surface area contributed by atoms with Gasteiger partial charge in [-0.2, -0.15) is 0 Å². The first-order valence-corrected chi connectivity index (χ1v) is 13.5. The predicted molar refractivity (Wildman–Crippen MR) is 135 cm³/mol. The third kappa shape index (κ3) is 3.46. The lowest BCUT2D eigenvalue weighted by Crippen LogP contribution is -2.55. The summed E-state index contributed by atoms with van der Waals surface area (Å²) in [5, 5.41) is 21.8. The second kappa shape index (κ2) is 8.05. The van der Waals surface area contributed by atoms with E-state index in [1.54, 1.807) is 18.1 Å². The molecule has 2 saturated carbocycles. The first-order valence-electron chi connectivity index (χ1n) is 13.5. The van der Waals surface area contributed by atoms with Crippen LogP contribution >= 0.6 is 0 Å². The number of rotatable bonds is 5. The Labute approximate surface area is 202 Å². The molecule has 0 saturated heterocycles. The summed E-state index contributed by atoms with van der Waals surface area (Å²) < 4.78 is 0. The molecule has 0 spiro atoms. The van der Waals surface area contributed by atoms with E-state index in [0.29, 0.717) is 17.4 Å². The summed E-state index contributed by atoms with van der Waals surface area (Å²) in [6.45, 7) is 19.8. The van der Waals surface area contributed by atoms with Crippen LogP contribution in [0.2, 0.25) is 0 Å². The van der Waals surface area contributed by atoms with Crippen LogP contribution in [0.15, 0.2) is 23.3 Å². The molecule has 186 valence electrons. The highest BCUT2D eigenvalue weighted by molar-refractivity contribution is 5.94. The van der Waals surface area contributed by atoms with Gasteiger partial charge in [-0.05, 0) is 103 Å². The maximum atomic E-state index is 12.2. The monoisotopic (exact) mass is 456 g/mol. The quantitative estimate of drug-likeness (QED) is 0.361. The van der Waals surface area contributed by atoms with Gasteiger partial charge in [0.05, 0.1) is 12.2 Å². The van der Waals surface area contributed by atoms with Gasteiger partial charge in [0.15, 0.2) is 5.78 Å². The van der Waals surface area contributed by atoms with Crippen LogP contribution in [0.4, 0.5) is 0 Å². The average molecular weight is 457 g/mol. The van der Waals surface area contributed by atoms with Crippen molar-refractivity contribution >= 4 is 5.78 Å². The molecule has 0 bridgehead atoms. The summed E-state index contributed by atoms with van der Waals surface area (Å²) >= 11 is 0. The van der Waals surface area contributed by atoms with E-state index in [4.69, 9.17) is 0 Å². The van der Waals surface area contributed by atoms with Crippen molar-refractivity contribution < 1.29 is 15.0 Å². The van der Waals surface area contributed by atoms with Gasteiger partial charge in [0.25, 0.3) is 0 Å². The van der Waals surface area contributed by atoms with Crippen molar-refractivity contribution in [3.05, 3.63) is 23.3 Å². The lowest BCUT2D eigenvalue weighted by atomic mass is 9.43. The van der Waals surface area contributed by atoms with E-state index in [1.807, 2.05) is 0 Å². The maximum absolute atomic E-state index is 12.2. The summed E-state index contributed by atoms with van der Waals surface area (Å²) in [6.07, 6.45) is 8.42. The Balaban J connectivity index is 1.65. The van der Waals surface area contributed by atoms with Crippen molar-refractivity contribution in [1.82, 2.24) is 0 Å². The van der Waals surface area contributed by atoms with E-state index in [9.17, 15) is 15.0 Å². The van der Waals surface area contributed by atoms with Crippen molar-refractivity contribution in [1.29, 1.82) is 0 Å². The molecule has 2 N–H and O–H groups in total. The van der Waals surface area contributed by atoms with E-state index in [0.717, 1.165) is 32.1 Å². The molecule has 4 aliphatic carbocycles. The highest BCUT2D eigenvalue weighted by Crippen LogP contribution is 2.72. The molecular formula is C30H48O3. The van der Waals surface area contributed by atoms with Gasteiger partial charge in [0.2, 0.25) is 0 Å². The third-order valence-corrected chi connectivity index (χ3v) is 11.9. The second-order valence-corrected chi connectivity index (χ2v) is 13.6. The molecule has 2 unspecified atom stereocenters. The highest BCUT2D eigenvalue weighted by atomic mass is 16.3. The molecule has 4 aliphatic rings. The van der Waals surface area contributed by atoms with Crippen molar-refractivity contribution in [3.63, 3.8) is 0 Å². The number of aliphatic hydroxyl groups is 2. The molecule has 33 heavy (non-hydrogen) atoms. The van der Waals surface area contributed by atoms with Gasteiger partial charge >= 0.3 is 0 Å². The Bertz CT molecular complexity index is 868. The largest absolute Gasteiger partial charge is 0.393 e. The number of ketones is 1. The summed E-state index contributed by atoms with van der Waals surface area (Å²) in [7, 11) is 0. The smallest absolute Gasteiger partial charge is 0.160 e. The zero-order valence-corrected chi connectivity index (χ0v) is 22.3. The number of fused-ring (bicyclic) bond motifs is 4. The summed E-state index contributed by atoms with van der Waals surface area (Å²) in [4.78, 5) is 12.2. The van der Waals surface area contributed by atoms with Gasteiger partial charge in [0, 0.05) is 6.42 Å². The summed E-state index contributed by atoms with van der Waals surface area (Å²) in [5.74, 6) is 1.08. The number of aliphatic hydroxyl groups excluding tert-OH is 2. The van der Waals surface area contributed by atoms with E-state index in [2.05, 4.69) is 48.1 Å². The van der Waals surface area contributed by atoms with E-state index in [1.165, 1.54) is 19.3 Å². The van der Waals surface area contributed by atoms with Crippen molar-refractivity contribution in [2.75, 3.05) is 0 Å². The van der Waals surface area contributed by atoms with Crippen molar-refractivity contribution in [3.8, 4) is 0 Å². The first kappa shape index (κ1) is 25.2. The van der Waals surface area contributed by atoms with Gasteiger partial charge < -0.3 is 10.2 Å². The molecule has 0 aromatic rings. The van der Waals surface area contributed by atoms with Crippen LogP contribution in [0.3, 0.4) is 0 Å². The minimum atomic E-state index is -0.595. The molecule has 0 amide bonds. The molecule has 4 rings (SSSR count). The minimum absolute atomic E-state index is 0.0118. The van der Waals surface area contributed by atoms with Crippen LogP contribution in [0.25, 0.3) is 0 Å². The molecule has 2 fully saturated rings. The number of Topliss-reactive ketones (excluding diaryl/α,β-unsaturated/α-hetero) is 1.